The van der Waals surface area contributed by atoms with Crippen LogP contribution in [0.15, 0.2) is 80.1 Å². The van der Waals surface area contributed by atoms with Crippen molar-refractivity contribution >= 4 is 41.0 Å². The van der Waals surface area contributed by atoms with Gasteiger partial charge in [0.15, 0.2) is 4.80 Å². The number of hydrogen-bond donors (Lipinski definition) is 1. The Balaban J connectivity index is 1.64. The summed E-state index contributed by atoms with van der Waals surface area (Å²) in [5, 5.41) is 9.65. The van der Waals surface area contributed by atoms with E-state index in [-0.39, 0.29) is 23.3 Å². The predicted octanol–water partition coefficient (Wildman–Crippen LogP) is 4.42. The minimum absolute atomic E-state index is 0.0657. The van der Waals surface area contributed by atoms with Crippen LogP contribution in [-0.2, 0) is 9.53 Å². The van der Waals surface area contributed by atoms with E-state index in [0.717, 1.165) is 11.3 Å². The Morgan fingerprint density at radius 3 is 2.73 bits per heavy atom. The highest BCUT2D eigenvalue weighted by Crippen LogP contribution is 2.33. The molecule has 9 nitrogen and oxygen atoms in total. The minimum atomic E-state index is -1.09. The zero-order valence-corrected chi connectivity index (χ0v) is 23.2. The summed E-state index contributed by atoms with van der Waals surface area (Å²) >= 11 is 7.45. The standard InChI is InChI=1S/C29H23ClN2O7S/c1-4-38-28(36)24-15(2)31-29-32(25(24)16-6-5-7-18(12-16)37-3)26(33)23(40-29)14-19-9-11-22(39-19)20-13-17(27(34)35)8-10-21(20)30/h5-14,25H,4H2,1-3H3,(H,34,35)/b23-14-. The highest BCUT2D eigenvalue weighted by Gasteiger charge is 2.33. The average Bonchev–Trinajstić information content (AvgIpc) is 3.52. The molecule has 2 aromatic heterocycles. The van der Waals surface area contributed by atoms with Crippen molar-refractivity contribution in [1.29, 1.82) is 0 Å². The number of allylic oxidation sites excluding steroid dienone is 1. The maximum Gasteiger partial charge on any atom is 0.338 e. The molecule has 40 heavy (non-hydrogen) atoms. The third-order valence-corrected chi connectivity index (χ3v) is 7.62. The predicted molar refractivity (Wildman–Crippen MR) is 150 cm³/mol. The molecule has 1 unspecified atom stereocenters. The Morgan fingerprint density at radius 2 is 2.00 bits per heavy atom. The summed E-state index contributed by atoms with van der Waals surface area (Å²) in [6.45, 7) is 3.60. The third kappa shape index (κ3) is 4.99. The summed E-state index contributed by atoms with van der Waals surface area (Å²) in [6.07, 6.45) is 1.58. The Kier molecular flexibility index (Phi) is 7.46. The smallest absolute Gasteiger partial charge is 0.338 e. The van der Waals surface area contributed by atoms with Crippen molar-refractivity contribution in [2.24, 2.45) is 4.99 Å². The van der Waals surface area contributed by atoms with Crippen LogP contribution in [-0.4, -0.2) is 35.3 Å². The first-order valence-electron chi connectivity index (χ1n) is 12.2. The number of methoxy groups -OCH3 is 1. The summed E-state index contributed by atoms with van der Waals surface area (Å²) < 4.78 is 18.4. The Morgan fingerprint density at radius 1 is 1.20 bits per heavy atom. The molecule has 0 amide bonds. The maximum atomic E-state index is 13.8. The summed E-state index contributed by atoms with van der Waals surface area (Å²) in [7, 11) is 1.54. The van der Waals surface area contributed by atoms with Crippen molar-refractivity contribution in [2.75, 3.05) is 13.7 Å². The van der Waals surface area contributed by atoms with Gasteiger partial charge in [-0.25, -0.2) is 14.6 Å². The fourth-order valence-corrected chi connectivity index (χ4v) is 5.71. The molecule has 204 valence electrons. The first-order chi connectivity index (χ1) is 19.2. The number of hydrogen-bond acceptors (Lipinski definition) is 8. The van der Waals surface area contributed by atoms with Crippen LogP contribution in [0.5, 0.6) is 5.75 Å². The molecule has 3 heterocycles. The number of nitrogens with zero attached hydrogens (tertiary/aromatic N) is 2. The number of carboxylic acid groups (broad SMARTS) is 1. The number of carboxylic acids is 1. The third-order valence-electron chi connectivity index (χ3n) is 6.31. The highest BCUT2D eigenvalue weighted by atomic mass is 35.5. The van der Waals surface area contributed by atoms with Gasteiger partial charge in [0.05, 0.1) is 46.1 Å². The molecule has 4 aromatic rings. The normalized spacial score (nSPS) is 15.0. The molecule has 0 radical (unpaired) electrons. The molecule has 1 aliphatic rings. The Labute approximate surface area is 236 Å². The molecule has 1 atom stereocenters. The summed E-state index contributed by atoms with van der Waals surface area (Å²) in [6, 6.07) is 14.0. The molecule has 0 aliphatic carbocycles. The number of halogens is 1. The second-order valence-corrected chi connectivity index (χ2v) is 10.2. The number of fused-ring (bicyclic) bond motifs is 1. The van der Waals surface area contributed by atoms with Crippen LogP contribution < -0.4 is 19.6 Å². The van der Waals surface area contributed by atoms with E-state index in [9.17, 15) is 19.5 Å². The molecule has 1 aliphatic heterocycles. The first-order valence-corrected chi connectivity index (χ1v) is 13.4. The number of ether oxygens (including phenoxy) is 2. The molecule has 5 rings (SSSR count). The van der Waals surface area contributed by atoms with Gasteiger partial charge in [-0.2, -0.15) is 0 Å². The van der Waals surface area contributed by atoms with Gasteiger partial charge in [-0.1, -0.05) is 35.1 Å². The number of carbonyl (C=O) groups excluding carboxylic acids is 1. The molecule has 11 heteroatoms. The Bertz CT molecular complexity index is 1870. The van der Waals surface area contributed by atoms with Crippen LogP contribution in [0.1, 0.15) is 41.6 Å². The van der Waals surface area contributed by atoms with Crippen molar-refractivity contribution in [2.45, 2.75) is 19.9 Å². The van der Waals surface area contributed by atoms with Crippen molar-refractivity contribution in [3.63, 3.8) is 0 Å². The zero-order chi connectivity index (χ0) is 28.6. The number of aromatic carboxylic acids is 1. The van der Waals surface area contributed by atoms with Crippen molar-refractivity contribution < 1.29 is 28.6 Å². The SMILES string of the molecule is CCOC(=O)C1=C(C)N=c2s/c(=C\c3ccc(-c4cc(C(=O)O)ccc4Cl)o3)c(=O)n2C1c1cccc(OC)c1. The highest BCUT2D eigenvalue weighted by molar-refractivity contribution is 7.07. The lowest BCUT2D eigenvalue weighted by molar-refractivity contribution is -0.139. The summed E-state index contributed by atoms with van der Waals surface area (Å²) in [5.74, 6) is -0.361. The molecule has 1 N–H and O–H groups in total. The van der Waals surface area contributed by atoms with E-state index in [0.29, 0.717) is 48.5 Å². The van der Waals surface area contributed by atoms with E-state index in [2.05, 4.69) is 4.99 Å². The number of benzene rings is 2. The molecule has 0 bridgehead atoms. The van der Waals surface area contributed by atoms with Gasteiger partial charge in [0.25, 0.3) is 5.56 Å². The molecule has 2 aromatic carbocycles. The van der Waals surface area contributed by atoms with E-state index in [1.807, 2.05) is 6.07 Å². The second-order valence-electron chi connectivity index (χ2n) is 8.78. The fourth-order valence-electron chi connectivity index (χ4n) is 4.47. The van der Waals surface area contributed by atoms with Crippen molar-refractivity contribution in [3.8, 4) is 17.1 Å². The molecular weight excluding hydrogens is 556 g/mol. The van der Waals surface area contributed by atoms with Gasteiger partial charge >= 0.3 is 11.9 Å². The molecule has 0 saturated carbocycles. The fraction of sp³-hybridized carbons (Fsp3) is 0.172. The zero-order valence-electron chi connectivity index (χ0n) is 21.6. The summed E-state index contributed by atoms with van der Waals surface area (Å²) in [5.41, 5.74) is 1.49. The van der Waals surface area contributed by atoms with Gasteiger partial charge in [-0.3, -0.25) is 9.36 Å². The molecule has 0 fully saturated rings. The topological polar surface area (TPSA) is 120 Å². The lowest BCUT2D eigenvalue weighted by atomic mass is 9.95. The van der Waals surface area contributed by atoms with E-state index in [4.69, 9.17) is 25.5 Å². The van der Waals surface area contributed by atoms with Gasteiger partial charge < -0.3 is 19.0 Å². The van der Waals surface area contributed by atoms with E-state index < -0.39 is 18.0 Å². The van der Waals surface area contributed by atoms with Gasteiger partial charge in [0, 0.05) is 11.6 Å². The molecular formula is C29H23ClN2O7S. The van der Waals surface area contributed by atoms with Crippen molar-refractivity contribution in [1.82, 2.24) is 4.57 Å². The maximum absolute atomic E-state index is 13.8. The van der Waals surface area contributed by atoms with Crippen LogP contribution in [0.25, 0.3) is 17.4 Å². The van der Waals surface area contributed by atoms with Crippen molar-refractivity contribution in [3.05, 3.63) is 107 Å². The van der Waals surface area contributed by atoms with Crippen LogP contribution in [0.3, 0.4) is 0 Å². The molecule has 0 saturated heterocycles. The lowest BCUT2D eigenvalue weighted by Gasteiger charge is -2.24. The number of carbonyl (C=O) groups is 2. The average molecular weight is 579 g/mol. The van der Waals surface area contributed by atoms with E-state index >= 15 is 0 Å². The first kappa shape index (κ1) is 27.2. The summed E-state index contributed by atoms with van der Waals surface area (Å²) in [4.78, 5) is 43.2. The van der Waals surface area contributed by atoms with Gasteiger partial charge in [0.1, 0.15) is 17.3 Å². The number of thiazole rings is 1. The minimum Gasteiger partial charge on any atom is -0.497 e. The number of esters is 1. The van der Waals surface area contributed by atoms with Gasteiger partial charge in [-0.05, 0) is 61.9 Å². The van der Waals surface area contributed by atoms with Crippen LogP contribution >= 0.6 is 22.9 Å². The van der Waals surface area contributed by atoms with E-state index in [1.165, 1.54) is 22.8 Å². The largest absolute Gasteiger partial charge is 0.497 e. The van der Waals surface area contributed by atoms with E-state index in [1.54, 1.807) is 57.4 Å². The van der Waals surface area contributed by atoms with Crippen LogP contribution in [0.4, 0.5) is 0 Å². The monoisotopic (exact) mass is 578 g/mol. The lowest BCUT2D eigenvalue weighted by Crippen LogP contribution is -2.39. The quantitative estimate of drug-likeness (QED) is 0.322. The number of furan rings is 1. The number of aromatic nitrogens is 1. The Hall–Kier alpha value is -4.41. The van der Waals surface area contributed by atoms with Gasteiger partial charge in [0.2, 0.25) is 0 Å². The second kappa shape index (κ2) is 11.0. The number of rotatable bonds is 7. The van der Waals surface area contributed by atoms with Crippen LogP contribution in [0.2, 0.25) is 5.02 Å². The molecule has 0 spiro atoms. The van der Waals surface area contributed by atoms with Gasteiger partial charge in [-0.15, -0.1) is 0 Å². The van der Waals surface area contributed by atoms with Crippen LogP contribution in [0, 0.1) is 0 Å².